The molecule has 0 fully saturated rings. The highest BCUT2D eigenvalue weighted by Crippen LogP contribution is 2.16. The van der Waals surface area contributed by atoms with E-state index >= 15 is 0 Å². The largest absolute Gasteiger partial charge is 0.298 e. The van der Waals surface area contributed by atoms with Gasteiger partial charge in [-0.05, 0) is 17.5 Å². The van der Waals surface area contributed by atoms with Crippen LogP contribution in [0.15, 0.2) is 22.7 Å². The van der Waals surface area contributed by atoms with Crippen LogP contribution in [0.4, 0.5) is 0 Å². The highest BCUT2D eigenvalue weighted by molar-refractivity contribution is 9.10. The Hall–Kier alpha value is -0.960. The maximum atomic E-state index is 10.3. The Kier molecular flexibility index (Phi) is 6.97. The normalized spacial score (nSPS) is 10.2. The fraction of sp³-hybridized carbons (Fsp3) is 0.429. The second-order valence-corrected chi connectivity index (χ2v) is 5.79. The van der Waals surface area contributed by atoms with E-state index in [1.807, 2.05) is 0 Å². The zero-order valence-corrected chi connectivity index (χ0v) is 12.4. The summed E-state index contributed by atoms with van der Waals surface area (Å²) in [6.07, 6.45) is 2.68. The van der Waals surface area contributed by atoms with Gasteiger partial charge in [-0.1, -0.05) is 56.1 Å². The number of carbonyl (C=O) groups is 2. The molecule has 0 aliphatic heterocycles. The van der Waals surface area contributed by atoms with Crippen LogP contribution in [0.2, 0.25) is 0 Å². The van der Waals surface area contributed by atoms with Gasteiger partial charge in [0.05, 0.1) is 0 Å². The quantitative estimate of drug-likeness (QED) is 0.753. The van der Waals surface area contributed by atoms with Gasteiger partial charge in [-0.2, -0.15) is 0 Å². The van der Waals surface area contributed by atoms with Crippen LogP contribution in [-0.2, 0) is 0 Å². The highest BCUT2D eigenvalue weighted by atomic mass is 79.9. The van der Waals surface area contributed by atoms with E-state index < -0.39 is 0 Å². The number of rotatable bonds is 2. The lowest BCUT2D eigenvalue weighted by molar-refractivity contribution is 0.112. The Balaban J connectivity index is 0.000000366. The Morgan fingerprint density at radius 3 is 2.06 bits per heavy atom. The lowest BCUT2D eigenvalue weighted by Crippen LogP contribution is -2.00. The Bertz CT molecular complexity index is 378. The van der Waals surface area contributed by atoms with E-state index in [2.05, 4.69) is 43.6 Å². The van der Waals surface area contributed by atoms with E-state index in [1.54, 1.807) is 12.1 Å². The van der Waals surface area contributed by atoms with Gasteiger partial charge in [0.15, 0.2) is 6.29 Å². The molecule has 1 aromatic rings. The molecule has 3 heteroatoms. The van der Waals surface area contributed by atoms with Crippen LogP contribution < -0.4 is 0 Å². The standard InChI is InChI=1S/C8H5BrO2.C6H14/c9-8-2-1-6(4-10)3-7(8)5-11;1-5-6(2,3)4/h1-5H;5H2,1-4H3. The first-order valence-corrected chi connectivity index (χ1v) is 6.33. The minimum absolute atomic E-state index is 0.495. The third-order valence-electron chi connectivity index (χ3n) is 2.34. The molecule has 0 aliphatic carbocycles. The molecule has 0 spiro atoms. The van der Waals surface area contributed by atoms with Crippen LogP contribution in [-0.4, -0.2) is 12.6 Å². The van der Waals surface area contributed by atoms with Crippen molar-refractivity contribution >= 4 is 28.5 Å². The van der Waals surface area contributed by atoms with Crippen molar-refractivity contribution in [2.24, 2.45) is 5.41 Å². The Labute approximate surface area is 112 Å². The minimum atomic E-state index is 0.495. The molecule has 1 aromatic carbocycles. The van der Waals surface area contributed by atoms with E-state index in [0.717, 1.165) is 0 Å². The van der Waals surface area contributed by atoms with Gasteiger partial charge in [-0.3, -0.25) is 9.59 Å². The van der Waals surface area contributed by atoms with E-state index in [4.69, 9.17) is 0 Å². The molecule has 0 unspecified atom stereocenters. The minimum Gasteiger partial charge on any atom is -0.298 e. The van der Waals surface area contributed by atoms with Crippen molar-refractivity contribution < 1.29 is 9.59 Å². The number of aldehydes is 2. The molecule has 17 heavy (non-hydrogen) atoms. The van der Waals surface area contributed by atoms with Gasteiger partial charge in [0.1, 0.15) is 6.29 Å². The molecule has 0 radical (unpaired) electrons. The van der Waals surface area contributed by atoms with Crippen LogP contribution in [0, 0.1) is 5.41 Å². The van der Waals surface area contributed by atoms with Crippen molar-refractivity contribution in [1.29, 1.82) is 0 Å². The highest BCUT2D eigenvalue weighted by Gasteiger charge is 2.03. The zero-order chi connectivity index (χ0) is 13.5. The van der Waals surface area contributed by atoms with E-state index in [-0.39, 0.29) is 0 Å². The van der Waals surface area contributed by atoms with Gasteiger partial charge in [0.25, 0.3) is 0 Å². The first-order valence-electron chi connectivity index (χ1n) is 5.54. The summed E-state index contributed by atoms with van der Waals surface area (Å²) in [6.45, 7) is 8.94. The van der Waals surface area contributed by atoms with Gasteiger partial charge in [0, 0.05) is 15.6 Å². The van der Waals surface area contributed by atoms with Gasteiger partial charge >= 0.3 is 0 Å². The molecule has 0 aliphatic rings. The maximum absolute atomic E-state index is 10.3. The molecule has 0 saturated heterocycles. The Morgan fingerprint density at radius 2 is 1.71 bits per heavy atom. The van der Waals surface area contributed by atoms with Crippen molar-refractivity contribution in [3.63, 3.8) is 0 Å². The molecule has 0 atom stereocenters. The monoisotopic (exact) mass is 298 g/mol. The predicted octanol–water partition coefficient (Wildman–Crippen LogP) is 4.52. The average molecular weight is 299 g/mol. The molecule has 0 heterocycles. The first kappa shape index (κ1) is 16.0. The number of benzene rings is 1. The smallest absolute Gasteiger partial charge is 0.151 e. The van der Waals surface area contributed by atoms with Crippen LogP contribution >= 0.6 is 15.9 Å². The van der Waals surface area contributed by atoms with Crippen molar-refractivity contribution in [1.82, 2.24) is 0 Å². The van der Waals surface area contributed by atoms with Crippen LogP contribution in [0.25, 0.3) is 0 Å². The van der Waals surface area contributed by atoms with Crippen molar-refractivity contribution in [3.05, 3.63) is 33.8 Å². The molecule has 0 saturated carbocycles. The SMILES string of the molecule is CCC(C)(C)C.O=Cc1ccc(Br)c(C=O)c1. The summed E-state index contributed by atoms with van der Waals surface area (Å²) in [4.78, 5) is 20.6. The van der Waals surface area contributed by atoms with E-state index in [9.17, 15) is 9.59 Å². The summed E-state index contributed by atoms with van der Waals surface area (Å²) in [5.74, 6) is 0. The zero-order valence-electron chi connectivity index (χ0n) is 10.8. The number of hydrogen-bond donors (Lipinski definition) is 0. The molecular weight excluding hydrogens is 280 g/mol. The molecular formula is C14H19BrO2. The van der Waals surface area contributed by atoms with Crippen molar-refractivity contribution in [3.8, 4) is 0 Å². The van der Waals surface area contributed by atoms with Gasteiger partial charge < -0.3 is 0 Å². The van der Waals surface area contributed by atoms with Crippen molar-refractivity contribution in [2.75, 3.05) is 0 Å². The molecule has 1 rings (SSSR count). The third-order valence-corrected chi connectivity index (χ3v) is 3.07. The number of hydrogen-bond acceptors (Lipinski definition) is 2. The summed E-state index contributed by atoms with van der Waals surface area (Å²) in [5, 5.41) is 0. The topological polar surface area (TPSA) is 34.1 Å². The molecule has 0 N–H and O–H groups in total. The van der Waals surface area contributed by atoms with E-state index in [0.29, 0.717) is 33.6 Å². The second-order valence-electron chi connectivity index (χ2n) is 4.93. The van der Waals surface area contributed by atoms with Crippen LogP contribution in [0.5, 0.6) is 0 Å². The number of halogens is 1. The summed E-state index contributed by atoms with van der Waals surface area (Å²) in [7, 11) is 0. The van der Waals surface area contributed by atoms with E-state index in [1.165, 1.54) is 12.5 Å². The van der Waals surface area contributed by atoms with Gasteiger partial charge in [0.2, 0.25) is 0 Å². The third kappa shape index (κ3) is 7.05. The molecule has 94 valence electrons. The van der Waals surface area contributed by atoms with Crippen molar-refractivity contribution in [2.45, 2.75) is 34.1 Å². The lowest BCUT2D eigenvalue weighted by atomic mass is 9.94. The average Bonchev–Trinajstić information content (AvgIpc) is 2.29. The molecule has 2 nitrogen and oxygen atoms in total. The predicted molar refractivity (Wildman–Crippen MR) is 74.7 cm³/mol. The first-order chi connectivity index (χ1) is 7.84. The lowest BCUT2D eigenvalue weighted by Gasteiger charge is -2.12. The van der Waals surface area contributed by atoms with Crippen LogP contribution in [0.3, 0.4) is 0 Å². The molecule has 0 amide bonds. The second kappa shape index (κ2) is 7.38. The summed E-state index contributed by atoms with van der Waals surface area (Å²) in [5.41, 5.74) is 1.55. The summed E-state index contributed by atoms with van der Waals surface area (Å²) < 4.78 is 0.707. The number of carbonyl (C=O) groups excluding carboxylic acids is 2. The summed E-state index contributed by atoms with van der Waals surface area (Å²) in [6, 6.07) is 4.85. The molecule has 0 aromatic heterocycles. The fourth-order valence-electron chi connectivity index (χ4n) is 0.726. The molecule has 0 bridgehead atoms. The summed E-state index contributed by atoms with van der Waals surface area (Å²) >= 11 is 3.17. The fourth-order valence-corrected chi connectivity index (χ4v) is 1.07. The van der Waals surface area contributed by atoms with Gasteiger partial charge in [-0.25, -0.2) is 0 Å². The Morgan fingerprint density at radius 1 is 1.18 bits per heavy atom. The van der Waals surface area contributed by atoms with Gasteiger partial charge in [-0.15, -0.1) is 0 Å². The van der Waals surface area contributed by atoms with Crippen LogP contribution in [0.1, 0.15) is 54.8 Å². The maximum Gasteiger partial charge on any atom is 0.151 e.